The lowest BCUT2D eigenvalue weighted by Gasteiger charge is -2.30. The molecule has 0 radical (unpaired) electrons. The lowest BCUT2D eigenvalue weighted by atomic mass is 10.1. The monoisotopic (exact) mass is 266 g/mol. The number of rotatable bonds is 8. The zero-order valence-electron chi connectivity index (χ0n) is 12.7. The van der Waals surface area contributed by atoms with E-state index in [1.807, 2.05) is 13.1 Å². The number of hydrogen-bond donors (Lipinski definition) is 1. The maximum absolute atomic E-state index is 14.2. The number of nitrogens with one attached hydrogen (secondary N) is 1. The highest BCUT2D eigenvalue weighted by molar-refractivity contribution is 5.55. The van der Waals surface area contributed by atoms with E-state index in [1.165, 1.54) is 0 Å². The standard InChI is InChI=1S/C16H27FN2/c1-5-11-18-12-13-9-8-10-15(17)16(13)19(4)14(6-2)7-3/h8-10,14,18H,5-7,11-12H2,1-4H3. The fourth-order valence-electron chi connectivity index (χ4n) is 2.52. The van der Waals surface area contributed by atoms with Crippen molar-refractivity contribution in [1.82, 2.24) is 5.32 Å². The molecule has 0 aromatic heterocycles. The smallest absolute Gasteiger partial charge is 0.146 e. The van der Waals surface area contributed by atoms with Gasteiger partial charge in [-0.05, 0) is 37.4 Å². The molecule has 0 amide bonds. The van der Waals surface area contributed by atoms with E-state index in [4.69, 9.17) is 0 Å². The molecule has 0 spiro atoms. The molecule has 1 rings (SSSR count). The minimum absolute atomic E-state index is 0.120. The van der Waals surface area contributed by atoms with Gasteiger partial charge in [0, 0.05) is 19.6 Å². The van der Waals surface area contributed by atoms with Gasteiger partial charge in [-0.2, -0.15) is 0 Å². The fourth-order valence-corrected chi connectivity index (χ4v) is 2.52. The topological polar surface area (TPSA) is 15.3 Å². The van der Waals surface area contributed by atoms with Crippen LogP contribution in [0.4, 0.5) is 10.1 Å². The molecule has 1 aromatic rings. The Morgan fingerprint density at radius 3 is 2.47 bits per heavy atom. The van der Waals surface area contributed by atoms with Crippen molar-refractivity contribution in [2.24, 2.45) is 0 Å². The zero-order chi connectivity index (χ0) is 14.3. The second-order valence-electron chi connectivity index (χ2n) is 5.01. The van der Waals surface area contributed by atoms with E-state index in [-0.39, 0.29) is 5.82 Å². The van der Waals surface area contributed by atoms with Gasteiger partial charge < -0.3 is 10.2 Å². The van der Waals surface area contributed by atoms with E-state index >= 15 is 0 Å². The molecule has 0 saturated heterocycles. The van der Waals surface area contributed by atoms with Crippen LogP contribution in [-0.2, 0) is 6.54 Å². The third kappa shape index (κ3) is 4.20. The predicted octanol–water partition coefficient (Wildman–Crippen LogP) is 3.95. The van der Waals surface area contributed by atoms with Crippen molar-refractivity contribution >= 4 is 5.69 Å². The van der Waals surface area contributed by atoms with Crippen molar-refractivity contribution in [2.75, 3.05) is 18.5 Å². The molecule has 108 valence electrons. The molecule has 2 nitrogen and oxygen atoms in total. The van der Waals surface area contributed by atoms with Gasteiger partial charge in [-0.25, -0.2) is 4.39 Å². The molecule has 1 aromatic carbocycles. The largest absolute Gasteiger partial charge is 0.369 e. The molecule has 0 aliphatic carbocycles. The van der Waals surface area contributed by atoms with Crippen LogP contribution in [0.15, 0.2) is 18.2 Å². The Bertz CT molecular complexity index is 375. The Morgan fingerprint density at radius 2 is 1.89 bits per heavy atom. The normalized spacial score (nSPS) is 11.1. The van der Waals surface area contributed by atoms with Gasteiger partial charge in [-0.3, -0.25) is 0 Å². The van der Waals surface area contributed by atoms with Gasteiger partial charge in [-0.1, -0.05) is 32.9 Å². The number of benzene rings is 1. The summed E-state index contributed by atoms with van der Waals surface area (Å²) in [6.07, 6.45) is 3.15. The molecular formula is C16H27FN2. The van der Waals surface area contributed by atoms with Crippen molar-refractivity contribution in [2.45, 2.75) is 52.6 Å². The van der Waals surface area contributed by atoms with Gasteiger partial charge in [0.05, 0.1) is 5.69 Å². The summed E-state index contributed by atoms with van der Waals surface area (Å²) >= 11 is 0. The van der Waals surface area contributed by atoms with E-state index in [1.54, 1.807) is 12.1 Å². The minimum atomic E-state index is -0.120. The Labute approximate surface area is 117 Å². The highest BCUT2D eigenvalue weighted by Gasteiger charge is 2.18. The summed E-state index contributed by atoms with van der Waals surface area (Å²) in [5.74, 6) is -0.120. The van der Waals surface area contributed by atoms with Crippen molar-refractivity contribution in [3.63, 3.8) is 0 Å². The molecule has 19 heavy (non-hydrogen) atoms. The maximum Gasteiger partial charge on any atom is 0.146 e. The van der Waals surface area contributed by atoms with Gasteiger partial charge in [0.1, 0.15) is 5.82 Å². The van der Waals surface area contributed by atoms with Crippen LogP contribution in [0.3, 0.4) is 0 Å². The van der Waals surface area contributed by atoms with Gasteiger partial charge in [-0.15, -0.1) is 0 Å². The summed E-state index contributed by atoms with van der Waals surface area (Å²) in [5.41, 5.74) is 1.79. The average molecular weight is 266 g/mol. The summed E-state index contributed by atoms with van der Waals surface area (Å²) in [6.45, 7) is 8.13. The summed E-state index contributed by atoms with van der Waals surface area (Å²) in [7, 11) is 2.00. The van der Waals surface area contributed by atoms with Crippen molar-refractivity contribution in [1.29, 1.82) is 0 Å². The fraction of sp³-hybridized carbons (Fsp3) is 0.625. The van der Waals surface area contributed by atoms with Crippen LogP contribution in [-0.4, -0.2) is 19.6 Å². The van der Waals surface area contributed by atoms with Gasteiger partial charge in [0.15, 0.2) is 0 Å². The molecule has 0 unspecified atom stereocenters. The summed E-state index contributed by atoms with van der Waals surface area (Å²) in [6, 6.07) is 5.75. The first-order valence-corrected chi connectivity index (χ1v) is 7.36. The van der Waals surface area contributed by atoms with Crippen LogP contribution in [0, 0.1) is 5.82 Å². The Morgan fingerprint density at radius 1 is 1.21 bits per heavy atom. The highest BCUT2D eigenvalue weighted by Crippen LogP contribution is 2.26. The Kier molecular flexibility index (Phi) is 6.85. The van der Waals surface area contributed by atoms with Gasteiger partial charge in [0.25, 0.3) is 0 Å². The molecular weight excluding hydrogens is 239 g/mol. The zero-order valence-corrected chi connectivity index (χ0v) is 12.7. The summed E-state index contributed by atoms with van der Waals surface area (Å²) in [5, 5.41) is 3.36. The Balaban J connectivity index is 2.96. The third-order valence-electron chi connectivity index (χ3n) is 3.66. The molecule has 0 bridgehead atoms. The second kappa shape index (κ2) is 8.16. The van der Waals surface area contributed by atoms with Crippen LogP contribution in [0.5, 0.6) is 0 Å². The van der Waals surface area contributed by atoms with Crippen molar-refractivity contribution in [3.05, 3.63) is 29.6 Å². The Hall–Kier alpha value is -1.09. The van der Waals surface area contributed by atoms with Crippen LogP contribution in [0.2, 0.25) is 0 Å². The first-order valence-electron chi connectivity index (χ1n) is 7.36. The first-order chi connectivity index (χ1) is 9.15. The molecule has 0 aliphatic rings. The van der Waals surface area contributed by atoms with Gasteiger partial charge in [0.2, 0.25) is 0 Å². The van der Waals surface area contributed by atoms with E-state index in [0.29, 0.717) is 6.04 Å². The summed E-state index contributed by atoms with van der Waals surface area (Å²) in [4.78, 5) is 2.10. The summed E-state index contributed by atoms with van der Waals surface area (Å²) < 4.78 is 14.2. The maximum atomic E-state index is 14.2. The van der Waals surface area contributed by atoms with E-state index < -0.39 is 0 Å². The molecule has 0 fully saturated rings. The lowest BCUT2D eigenvalue weighted by molar-refractivity contribution is 0.560. The number of anilines is 1. The SMILES string of the molecule is CCCNCc1cccc(F)c1N(C)C(CC)CC. The predicted molar refractivity (Wildman–Crippen MR) is 81.2 cm³/mol. The number of hydrogen-bond acceptors (Lipinski definition) is 2. The van der Waals surface area contributed by atoms with Crippen LogP contribution in [0.25, 0.3) is 0 Å². The molecule has 0 atom stereocenters. The molecule has 1 N–H and O–H groups in total. The van der Waals surface area contributed by atoms with E-state index in [2.05, 4.69) is 31.0 Å². The van der Waals surface area contributed by atoms with Crippen molar-refractivity contribution in [3.8, 4) is 0 Å². The molecule has 0 aliphatic heterocycles. The van der Waals surface area contributed by atoms with Gasteiger partial charge >= 0.3 is 0 Å². The van der Waals surface area contributed by atoms with E-state index in [0.717, 1.165) is 43.6 Å². The minimum Gasteiger partial charge on any atom is -0.369 e. The molecule has 0 heterocycles. The molecule has 3 heteroatoms. The second-order valence-corrected chi connectivity index (χ2v) is 5.01. The van der Waals surface area contributed by atoms with Crippen LogP contribution in [0.1, 0.15) is 45.6 Å². The molecule has 0 saturated carbocycles. The van der Waals surface area contributed by atoms with Crippen molar-refractivity contribution < 1.29 is 4.39 Å². The average Bonchev–Trinajstić information content (AvgIpc) is 2.40. The lowest BCUT2D eigenvalue weighted by Crippen LogP contribution is -2.32. The number of nitrogens with zero attached hydrogens (tertiary/aromatic N) is 1. The third-order valence-corrected chi connectivity index (χ3v) is 3.66. The van der Waals surface area contributed by atoms with Crippen LogP contribution < -0.4 is 10.2 Å². The number of halogens is 1. The van der Waals surface area contributed by atoms with Crippen LogP contribution >= 0.6 is 0 Å². The number of para-hydroxylation sites is 1. The highest BCUT2D eigenvalue weighted by atomic mass is 19.1. The van der Waals surface area contributed by atoms with E-state index in [9.17, 15) is 4.39 Å². The quantitative estimate of drug-likeness (QED) is 0.717. The first kappa shape index (κ1) is 16.0.